The van der Waals surface area contributed by atoms with E-state index in [0.717, 1.165) is 0 Å². The van der Waals surface area contributed by atoms with E-state index in [4.69, 9.17) is 9.47 Å². The van der Waals surface area contributed by atoms with E-state index >= 15 is 0 Å². The lowest BCUT2D eigenvalue weighted by Gasteiger charge is -2.35. The van der Waals surface area contributed by atoms with Gasteiger partial charge in [0.25, 0.3) is 0 Å². The standard InChI is InChI=1S/C14H30O4/c1-7-14(8-15,9-16)11-18-13(5,6)10-17-12(2,3)4/h15-16H,7-11H2,1-6H3. The van der Waals surface area contributed by atoms with Gasteiger partial charge >= 0.3 is 0 Å². The fourth-order valence-electron chi connectivity index (χ4n) is 1.25. The molecule has 0 fully saturated rings. The highest BCUT2D eigenvalue weighted by Crippen LogP contribution is 2.24. The minimum atomic E-state index is -0.557. The van der Waals surface area contributed by atoms with Crippen LogP contribution >= 0.6 is 0 Å². The molecule has 0 aliphatic carbocycles. The zero-order chi connectivity index (χ0) is 14.4. The summed E-state index contributed by atoms with van der Waals surface area (Å²) in [5.74, 6) is 0. The molecule has 0 aromatic rings. The van der Waals surface area contributed by atoms with Crippen molar-refractivity contribution in [2.45, 2.75) is 59.2 Å². The second-order valence-electron chi connectivity index (χ2n) is 6.62. The predicted octanol–water partition coefficient (Wildman–Crippen LogP) is 1.98. The highest BCUT2D eigenvalue weighted by molar-refractivity contribution is 4.79. The van der Waals surface area contributed by atoms with Gasteiger partial charge in [-0.05, 0) is 41.0 Å². The zero-order valence-electron chi connectivity index (χ0n) is 12.7. The molecule has 18 heavy (non-hydrogen) atoms. The van der Waals surface area contributed by atoms with Crippen LogP contribution in [0.15, 0.2) is 0 Å². The predicted molar refractivity (Wildman–Crippen MR) is 72.6 cm³/mol. The van der Waals surface area contributed by atoms with Crippen LogP contribution in [-0.2, 0) is 9.47 Å². The van der Waals surface area contributed by atoms with Crippen molar-refractivity contribution >= 4 is 0 Å². The van der Waals surface area contributed by atoms with E-state index in [1.807, 2.05) is 41.5 Å². The van der Waals surface area contributed by atoms with E-state index in [9.17, 15) is 10.2 Å². The summed E-state index contributed by atoms with van der Waals surface area (Å²) in [5, 5.41) is 18.7. The first-order chi connectivity index (χ1) is 8.10. The van der Waals surface area contributed by atoms with Gasteiger partial charge < -0.3 is 19.7 Å². The first-order valence-electron chi connectivity index (χ1n) is 6.59. The van der Waals surface area contributed by atoms with Crippen molar-refractivity contribution in [3.8, 4) is 0 Å². The van der Waals surface area contributed by atoms with Gasteiger partial charge in [0.15, 0.2) is 0 Å². The molecule has 0 radical (unpaired) electrons. The summed E-state index contributed by atoms with van der Waals surface area (Å²) in [6.07, 6.45) is 0.677. The lowest BCUT2D eigenvalue weighted by molar-refractivity contribution is -0.143. The molecule has 0 saturated carbocycles. The molecule has 0 atom stereocenters. The molecule has 4 heteroatoms. The lowest BCUT2D eigenvalue weighted by Crippen LogP contribution is -2.41. The first kappa shape index (κ1) is 17.8. The number of hydrogen-bond donors (Lipinski definition) is 2. The summed E-state index contributed by atoms with van der Waals surface area (Å²) in [7, 11) is 0. The maximum Gasteiger partial charge on any atom is 0.0859 e. The molecule has 0 saturated heterocycles. The molecule has 0 rings (SSSR count). The minimum absolute atomic E-state index is 0.0732. The van der Waals surface area contributed by atoms with E-state index in [1.165, 1.54) is 0 Å². The quantitative estimate of drug-likeness (QED) is 0.702. The van der Waals surface area contributed by atoms with Crippen molar-refractivity contribution in [3.05, 3.63) is 0 Å². The number of hydrogen-bond acceptors (Lipinski definition) is 4. The van der Waals surface area contributed by atoms with Crippen LogP contribution in [0.1, 0.15) is 48.0 Å². The Morgan fingerprint density at radius 3 is 1.67 bits per heavy atom. The Kier molecular flexibility index (Phi) is 6.79. The Balaban J connectivity index is 4.32. The first-order valence-corrected chi connectivity index (χ1v) is 6.59. The van der Waals surface area contributed by atoms with Crippen LogP contribution in [0.3, 0.4) is 0 Å². The van der Waals surface area contributed by atoms with Crippen molar-refractivity contribution in [1.82, 2.24) is 0 Å². The Hall–Kier alpha value is -0.160. The van der Waals surface area contributed by atoms with Gasteiger partial charge in [-0.3, -0.25) is 0 Å². The Morgan fingerprint density at radius 2 is 1.33 bits per heavy atom. The third kappa shape index (κ3) is 6.69. The summed E-state index contributed by atoms with van der Waals surface area (Å²) in [4.78, 5) is 0. The molecule has 0 aliphatic rings. The zero-order valence-corrected chi connectivity index (χ0v) is 12.7. The summed E-state index contributed by atoms with van der Waals surface area (Å²) in [6, 6.07) is 0. The van der Waals surface area contributed by atoms with Gasteiger partial charge in [0.05, 0.1) is 37.6 Å². The van der Waals surface area contributed by atoms with E-state index < -0.39 is 11.0 Å². The average Bonchev–Trinajstić information content (AvgIpc) is 2.29. The van der Waals surface area contributed by atoms with Crippen LogP contribution in [0, 0.1) is 5.41 Å². The van der Waals surface area contributed by atoms with Gasteiger partial charge in [-0.2, -0.15) is 0 Å². The Morgan fingerprint density at radius 1 is 0.833 bits per heavy atom. The largest absolute Gasteiger partial charge is 0.396 e. The SMILES string of the molecule is CCC(CO)(CO)COC(C)(C)COC(C)(C)C. The van der Waals surface area contributed by atoms with E-state index in [0.29, 0.717) is 19.6 Å². The van der Waals surface area contributed by atoms with Gasteiger partial charge in [-0.1, -0.05) is 6.92 Å². The van der Waals surface area contributed by atoms with Crippen LogP contribution < -0.4 is 0 Å². The highest BCUT2D eigenvalue weighted by atomic mass is 16.6. The lowest BCUT2D eigenvalue weighted by atomic mass is 9.88. The molecule has 0 aromatic carbocycles. The third-order valence-corrected chi connectivity index (χ3v) is 3.04. The van der Waals surface area contributed by atoms with Crippen LogP contribution in [0.25, 0.3) is 0 Å². The van der Waals surface area contributed by atoms with E-state index in [-0.39, 0.29) is 18.8 Å². The third-order valence-electron chi connectivity index (χ3n) is 3.04. The molecule has 0 spiro atoms. The Labute approximate surface area is 111 Å². The van der Waals surface area contributed by atoms with Gasteiger partial charge in [-0.25, -0.2) is 0 Å². The average molecular weight is 262 g/mol. The second kappa shape index (κ2) is 6.85. The fraction of sp³-hybridized carbons (Fsp3) is 1.00. The normalized spacial score (nSPS) is 14.0. The number of rotatable bonds is 8. The van der Waals surface area contributed by atoms with Crippen molar-refractivity contribution in [2.24, 2.45) is 5.41 Å². The topological polar surface area (TPSA) is 58.9 Å². The molecular weight excluding hydrogens is 232 g/mol. The van der Waals surface area contributed by atoms with Crippen molar-refractivity contribution in [2.75, 3.05) is 26.4 Å². The molecule has 0 bridgehead atoms. The van der Waals surface area contributed by atoms with E-state index in [1.54, 1.807) is 0 Å². The monoisotopic (exact) mass is 262 g/mol. The van der Waals surface area contributed by atoms with Crippen LogP contribution in [0.4, 0.5) is 0 Å². The van der Waals surface area contributed by atoms with Gasteiger partial charge in [-0.15, -0.1) is 0 Å². The van der Waals surface area contributed by atoms with Crippen molar-refractivity contribution < 1.29 is 19.7 Å². The molecule has 0 heterocycles. The minimum Gasteiger partial charge on any atom is -0.396 e. The Bertz CT molecular complexity index is 218. The molecule has 110 valence electrons. The summed E-state index contributed by atoms with van der Waals surface area (Å²) in [5.41, 5.74) is -1.19. The number of aliphatic hydroxyl groups excluding tert-OH is 2. The molecule has 0 unspecified atom stereocenters. The van der Waals surface area contributed by atoms with Crippen LogP contribution in [0.5, 0.6) is 0 Å². The number of aliphatic hydroxyl groups is 2. The highest BCUT2D eigenvalue weighted by Gasteiger charge is 2.31. The molecule has 0 amide bonds. The number of ether oxygens (including phenoxy) is 2. The van der Waals surface area contributed by atoms with Gasteiger partial charge in [0.2, 0.25) is 0 Å². The van der Waals surface area contributed by atoms with Crippen LogP contribution in [-0.4, -0.2) is 47.8 Å². The summed E-state index contributed by atoms with van der Waals surface area (Å²) >= 11 is 0. The molecule has 0 aromatic heterocycles. The molecule has 0 aliphatic heterocycles. The second-order valence-corrected chi connectivity index (χ2v) is 6.62. The fourth-order valence-corrected chi connectivity index (χ4v) is 1.25. The summed E-state index contributed by atoms with van der Waals surface area (Å²) < 4.78 is 11.5. The van der Waals surface area contributed by atoms with Gasteiger partial charge in [0, 0.05) is 5.41 Å². The van der Waals surface area contributed by atoms with Crippen molar-refractivity contribution in [3.63, 3.8) is 0 Å². The van der Waals surface area contributed by atoms with Crippen LogP contribution in [0.2, 0.25) is 0 Å². The molecular formula is C14H30O4. The smallest absolute Gasteiger partial charge is 0.0859 e. The molecule has 4 nitrogen and oxygen atoms in total. The van der Waals surface area contributed by atoms with E-state index in [2.05, 4.69) is 0 Å². The maximum atomic E-state index is 9.36. The molecule has 2 N–H and O–H groups in total. The van der Waals surface area contributed by atoms with Gasteiger partial charge in [0.1, 0.15) is 0 Å². The maximum absolute atomic E-state index is 9.36. The van der Waals surface area contributed by atoms with Crippen molar-refractivity contribution in [1.29, 1.82) is 0 Å². The summed E-state index contributed by atoms with van der Waals surface area (Å²) in [6.45, 7) is 12.5.